The monoisotopic (exact) mass is 729 g/mol. The van der Waals surface area contributed by atoms with E-state index in [4.69, 9.17) is 19.4 Å². The fourth-order valence-electron chi connectivity index (χ4n) is 8.68. The summed E-state index contributed by atoms with van der Waals surface area (Å²) in [5, 5.41) is 6.62. The minimum atomic E-state index is 0.557. The lowest BCUT2D eigenvalue weighted by molar-refractivity contribution is 0.666. The standard InChI is InChI=1S/C51H31N5O/c1-3-15-32(16-4-1)34-29-30-44-40(31-34)37-21-9-10-24-41(37)55(44)45-27-13-22-38-47-39(23-14-28-46(47)57-48(38)45)50-52-49(33-17-5-2-6-18-33)53-51(54-50)56-42-25-11-7-19-35(42)36-20-8-12-26-43(36)56/h1-31H. The van der Waals surface area contributed by atoms with Crippen LogP contribution in [0.4, 0.5) is 0 Å². The summed E-state index contributed by atoms with van der Waals surface area (Å²) < 4.78 is 11.4. The maximum absolute atomic E-state index is 6.90. The second-order valence-electron chi connectivity index (χ2n) is 14.4. The Morgan fingerprint density at radius 3 is 1.65 bits per heavy atom. The minimum Gasteiger partial charge on any atom is -0.454 e. The van der Waals surface area contributed by atoms with Gasteiger partial charge in [-0.25, -0.2) is 4.98 Å². The molecule has 0 aliphatic carbocycles. The van der Waals surface area contributed by atoms with Crippen LogP contribution in [0.3, 0.4) is 0 Å². The van der Waals surface area contributed by atoms with E-state index in [1.165, 1.54) is 21.9 Å². The van der Waals surface area contributed by atoms with E-state index in [0.717, 1.165) is 71.6 Å². The quantitative estimate of drug-likeness (QED) is 0.177. The number of hydrogen-bond donors (Lipinski definition) is 0. The minimum absolute atomic E-state index is 0.557. The van der Waals surface area contributed by atoms with Gasteiger partial charge in [0.2, 0.25) is 5.95 Å². The van der Waals surface area contributed by atoms with E-state index in [1.807, 2.05) is 42.5 Å². The Balaban J connectivity index is 1.11. The summed E-state index contributed by atoms with van der Waals surface area (Å²) in [5.74, 6) is 1.73. The van der Waals surface area contributed by atoms with Crippen molar-refractivity contribution >= 4 is 65.6 Å². The molecule has 0 radical (unpaired) electrons. The highest BCUT2D eigenvalue weighted by atomic mass is 16.3. The Morgan fingerprint density at radius 2 is 0.930 bits per heavy atom. The number of hydrogen-bond acceptors (Lipinski definition) is 4. The van der Waals surface area contributed by atoms with Crippen molar-refractivity contribution in [2.45, 2.75) is 0 Å². The second-order valence-corrected chi connectivity index (χ2v) is 14.4. The van der Waals surface area contributed by atoms with Crippen LogP contribution in [0.1, 0.15) is 0 Å². The molecule has 0 saturated carbocycles. The van der Waals surface area contributed by atoms with Crippen molar-refractivity contribution in [3.8, 4) is 45.5 Å². The molecule has 0 atom stereocenters. The molecule has 0 saturated heterocycles. The molecule has 0 aliphatic rings. The van der Waals surface area contributed by atoms with Gasteiger partial charge < -0.3 is 8.98 Å². The summed E-state index contributed by atoms with van der Waals surface area (Å²) in [6.07, 6.45) is 0. The van der Waals surface area contributed by atoms with E-state index in [9.17, 15) is 0 Å². The molecule has 0 aliphatic heterocycles. The van der Waals surface area contributed by atoms with E-state index < -0.39 is 0 Å². The lowest BCUT2D eigenvalue weighted by Crippen LogP contribution is -2.06. The molecule has 4 heterocycles. The van der Waals surface area contributed by atoms with Crippen LogP contribution < -0.4 is 0 Å². The highest BCUT2D eigenvalue weighted by Gasteiger charge is 2.23. The number of nitrogens with zero attached hydrogens (tertiary/aromatic N) is 5. The summed E-state index contributed by atoms with van der Waals surface area (Å²) in [6, 6.07) is 65.5. The maximum Gasteiger partial charge on any atom is 0.238 e. The number of rotatable bonds is 5. The normalized spacial score (nSPS) is 11.9. The van der Waals surface area contributed by atoms with Gasteiger partial charge in [0.15, 0.2) is 17.2 Å². The van der Waals surface area contributed by atoms with E-state index in [-0.39, 0.29) is 0 Å². The molecule has 8 aromatic carbocycles. The molecule has 0 spiro atoms. The highest BCUT2D eigenvalue weighted by Crippen LogP contribution is 2.42. The smallest absolute Gasteiger partial charge is 0.238 e. The predicted molar refractivity (Wildman–Crippen MR) is 232 cm³/mol. The molecule has 266 valence electrons. The molecule has 0 amide bonds. The van der Waals surface area contributed by atoms with Crippen molar-refractivity contribution in [1.29, 1.82) is 0 Å². The van der Waals surface area contributed by atoms with Gasteiger partial charge in [-0.05, 0) is 53.6 Å². The van der Waals surface area contributed by atoms with Crippen LogP contribution in [-0.4, -0.2) is 24.1 Å². The molecule has 0 N–H and O–H groups in total. The Labute approximate surface area is 326 Å². The molecule has 4 aromatic heterocycles. The molecule has 0 fully saturated rings. The summed E-state index contributed by atoms with van der Waals surface area (Å²) >= 11 is 0. The van der Waals surface area contributed by atoms with Gasteiger partial charge in [-0.2, -0.15) is 9.97 Å². The van der Waals surface area contributed by atoms with Crippen molar-refractivity contribution in [3.63, 3.8) is 0 Å². The zero-order chi connectivity index (χ0) is 37.5. The van der Waals surface area contributed by atoms with Gasteiger partial charge in [-0.15, -0.1) is 0 Å². The van der Waals surface area contributed by atoms with Gasteiger partial charge in [0.1, 0.15) is 5.58 Å². The topological polar surface area (TPSA) is 61.7 Å². The first-order valence-electron chi connectivity index (χ1n) is 19.1. The van der Waals surface area contributed by atoms with E-state index in [2.05, 4.69) is 155 Å². The fraction of sp³-hybridized carbons (Fsp3) is 0. The van der Waals surface area contributed by atoms with Gasteiger partial charge in [0, 0.05) is 43.4 Å². The highest BCUT2D eigenvalue weighted by molar-refractivity contribution is 6.16. The molecule has 12 rings (SSSR count). The Kier molecular flexibility index (Phi) is 6.83. The lowest BCUT2D eigenvalue weighted by atomic mass is 10.0. The first-order chi connectivity index (χ1) is 28.3. The Bertz CT molecular complexity index is 3470. The van der Waals surface area contributed by atoms with Crippen molar-refractivity contribution in [3.05, 3.63) is 188 Å². The van der Waals surface area contributed by atoms with Crippen molar-refractivity contribution in [2.24, 2.45) is 0 Å². The summed E-state index contributed by atoms with van der Waals surface area (Å²) in [7, 11) is 0. The van der Waals surface area contributed by atoms with Gasteiger partial charge in [0.25, 0.3) is 0 Å². The van der Waals surface area contributed by atoms with Crippen LogP contribution in [0.2, 0.25) is 0 Å². The molecule has 12 aromatic rings. The van der Waals surface area contributed by atoms with Crippen LogP contribution >= 0.6 is 0 Å². The number of fused-ring (bicyclic) bond motifs is 9. The van der Waals surface area contributed by atoms with Gasteiger partial charge in [0.05, 0.1) is 27.8 Å². The third-order valence-electron chi connectivity index (χ3n) is 11.2. The Hall–Kier alpha value is -7.83. The molecule has 6 heteroatoms. The van der Waals surface area contributed by atoms with Crippen LogP contribution in [0.25, 0.3) is 111 Å². The number of furan rings is 1. The average Bonchev–Trinajstić information content (AvgIpc) is 3.95. The molecular formula is C51H31N5O. The Morgan fingerprint density at radius 1 is 0.368 bits per heavy atom. The number of benzene rings is 8. The summed E-state index contributed by atoms with van der Waals surface area (Å²) in [5.41, 5.74) is 11.0. The van der Waals surface area contributed by atoms with Crippen molar-refractivity contribution in [2.75, 3.05) is 0 Å². The van der Waals surface area contributed by atoms with E-state index >= 15 is 0 Å². The third kappa shape index (κ3) is 4.81. The molecule has 57 heavy (non-hydrogen) atoms. The van der Waals surface area contributed by atoms with Crippen LogP contribution in [0, 0.1) is 0 Å². The first kappa shape index (κ1) is 31.5. The zero-order valence-corrected chi connectivity index (χ0v) is 30.5. The van der Waals surface area contributed by atoms with E-state index in [1.54, 1.807) is 0 Å². The largest absolute Gasteiger partial charge is 0.454 e. The molecule has 6 nitrogen and oxygen atoms in total. The van der Waals surface area contributed by atoms with Crippen molar-refractivity contribution in [1.82, 2.24) is 24.1 Å². The molecule has 0 bridgehead atoms. The number of para-hydroxylation sites is 4. The third-order valence-corrected chi connectivity index (χ3v) is 11.2. The van der Waals surface area contributed by atoms with Gasteiger partial charge in [-0.1, -0.05) is 146 Å². The van der Waals surface area contributed by atoms with E-state index in [0.29, 0.717) is 17.6 Å². The molecular weight excluding hydrogens is 699 g/mol. The second kappa shape index (κ2) is 12.3. The van der Waals surface area contributed by atoms with Crippen LogP contribution in [0.5, 0.6) is 0 Å². The SMILES string of the molecule is c1ccc(-c2ccc3c(c2)c2ccccc2n3-c2cccc3c2oc2cccc(-c4nc(-c5ccccc5)nc(-n5c6ccccc6c6ccccc65)n4)c23)cc1. The fourth-order valence-corrected chi connectivity index (χ4v) is 8.68. The van der Waals surface area contributed by atoms with Crippen LogP contribution in [0.15, 0.2) is 192 Å². The number of aromatic nitrogens is 5. The molecule has 0 unspecified atom stereocenters. The summed E-state index contributed by atoms with van der Waals surface area (Å²) in [4.78, 5) is 15.6. The van der Waals surface area contributed by atoms with Gasteiger partial charge >= 0.3 is 0 Å². The van der Waals surface area contributed by atoms with Crippen LogP contribution in [-0.2, 0) is 0 Å². The van der Waals surface area contributed by atoms with Gasteiger partial charge in [-0.3, -0.25) is 4.57 Å². The zero-order valence-electron chi connectivity index (χ0n) is 30.5. The lowest BCUT2D eigenvalue weighted by Gasteiger charge is -2.11. The maximum atomic E-state index is 6.90. The first-order valence-corrected chi connectivity index (χ1v) is 19.1. The predicted octanol–water partition coefficient (Wildman–Crippen LogP) is 13.0. The van der Waals surface area contributed by atoms with Crippen molar-refractivity contribution < 1.29 is 4.42 Å². The summed E-state index contributed by atoms with van der Waals surface area (Å²) in [6.45, 7) is 0. The average molecular weight is 730 g/mol.